The van der Waals surface area contributed by atoms with E-state index in [1.54, 1.807) is 0 Å². The van der Waals surface area contributed by atoms with E-state index in [9.17, 15) is 8.42 Å². The lowest BCUT2D eigenvalue weighted by molar-refractivity contribution is 0.188. The van der Waals surface area contributed by atoms with Gasteiger partial charge in [-0.2, -0.15) is 0 Å². The zero-order valence-electron chi connectivity index (χ0n) is 9.66. The second-order valence-electron chi connectivity index (χ2n) is 5.27. The maximum Gasteiger partial charge on any atom is 0.151 e. The van der Waals surface area contributed by atoms with Crippen LogP contribution < -0.4 is 0 Å². The highest BCUT2D eigenvalue weighted by atomic mass is 79.9. The Balaban J connectivity index is 2.53. The summed E-state index contributed by atoms with van der Waals surface area (Å²) in [5.41, 5.74) is 0.196. The molecule has 1 atom stereocenters. The van der Waals surface area contributed by atoms with Crippen LogP contribution >= 0.6 is 15.9 Å². The van der Waals surface area contributed by atoms with Gasteiger partial charge in [0.2, 0.25) is 0 Å². The number of halogens is 1. The second-order valence-corrected chi connectivity index (χ2v) is 8.06. The van der Waals surface area contributed by atoms with Crippen molar-refractivity contribution >= 4 is 25.8 Å². The molecule has 90 valence electrons. The molecule has 0 spiro atoms. The fraction of sp³-hybridized carbons (Fsp3) is 1.00. The van der Waals surface area contributed by atoms with Crippen molar-refractivity contribution < 1.29 is 8.42 Å². The third-order valence-electron chi connectivity index (χ3n) is 2.87. The predicted molar refractivity (Wildman–Crippen MR) is 67.3 cm³/mol. The summed E-state index contributed by atoms with van der Waals surface area (Å²) < 4.78 is 22.7. The molecule has 1 rings (SSSR count). The summed E-state index contributed by atoms with van der Waals surface area (Å²) in [7, 11) is -0.732. The van der Waals surface area contributed by atoms with Crippen molar-refractivity contribution in [1.82, 2.24) is 4.90 Å². The highest BCUT2D eigenvalue weighted by molar-refractivity contribution is 9.09. The van der Waals surface area contributed by atoms with Crippen LogP contribution in [0.25, 0.3) is 0 Å². The van der Waals surface area contributed by atoms with E-state index >= 15 is 0 Å². The molecule has 1 fully saturated rings. The van der Waals surface area contributed by atoms with Crippen LogP contribution in [0.2, 0.25) is 0 Å². The molecule has 0 saturated carbocycles. The third-order valence-corrected chi connectivity index (χ3v) is 6.14. The van der Waals surface area contributed by atoms with Crippen molar-refractivity contribution in [1.29, 1.82) is 0 Å². The quantitative estimate of drug-likeness (QED) is 0.739. The van der Waals surface area contributed by atoms with Gasteiger partial charge in [-0.25, -0.2) is 8.42 Å². The van der Waals surface area contributed by atoms with Crippen molar-refractivity contribution in [3.63, 3.8) is 0 Å². The number of nitrogens with zero attached hydrogens (tertiary/aromatic N) is 1. The number of hydrogen-bond donors (Lipinski definition) is 0. The van der Waals surface area contributed by atoms with E-state index < -0.39 is 9.84 Å². The van der Waals surface area contributed by atoms with Crippen molar-refractivity contribution in [3.05, 3.63) is 0 Å². The summed E-state index contributed by atoms with van der Waals surface area (Å²) in [5.74, 6) is 0.693. The molecule has 1 aliphatic heterocycles. The van der Waals surface area contributed by atoms with Gasteiger partial charge in [-0.1, -0.05) is 29.8 Å². The molecular formula is C10H20BrNO2S. The molecule has 1 saturated heterocycles. The highest BCUT2D eigenvalue weighted by Crippen LogP contribution is 2.23. The molecule has 0 aromatic heterocycles. The highest BCUT2D eigenvalue weighted by Gasteiger charge is 2.32. The minimum Gasteiger partial charge on any atom is -0.302 e. The smallest absolute Gasteiger partial charge is 0.151 e. The van der Waals surface area contributed by atoms with E-state index in [4.69, 9.17) is 0 Å². The topological polar surface area (TPSA) is 37.4 Å². The van der Waals surface area contributed by atoms with Gasteiger partial charge in [0.25, 0.3) is 0 Å². The van der Waals surface area contributed by atoms with Gasteiger partial charge < -0.3 is 4.90 Å². The van der Waals surface area contributed by atoms with Gasteiger partial charge in [-0.3, -0.25) is 0 Å². The van der Waals surface area contributed by atoms with Crippen LogP contribution in [0, 0.1) is 5.41 Å². The Morgan fingerprint density at radius 3 is 2.47 bits per heavy atom. The van der Waals surface area contributed by atoms with E-state index in [1.165, 1.54) is 0 Å². The zero-order valence-corrected chi connectivity index (χ0v) is 12.1. The number of sulfone groups is 1. The number of hydrogen-bond acceptors (Lipinski definition) is 3. The standard InChI is InChI=1S/C10H20BrNO2S/c1-10(2,7-11)8-12(3)9-4-5-15(13,14)6-9/h9H,4-8H2,1-3H3. The molecule has 0 aromatic rings. The van der Waals surface area contributed by atoms with Crippen molar-refractivity contribution in [2.24, 2.45) is 5.41 Å². The third kappa shape index (κ3) is 4.04. The van der Waals surface area contributed by atoms with Gasteiger partial charge in [0.1, 0.15) is 0 Å². The molecule has 1 aliphatic rings. The van der Waals surface area contributed by atoms with Gasteiger partial charge in [0.05, 0.1) is 11.5 Å². The summed E-state index contributed by atoms with van der Waals surface area (Å²) in [4.78, 5) is 2.19. The maximum absolute atomic E-state index is 11.3. The van der Waals surface area contributed by atoms with Crippen LogP contribution in [-0.4, -0.2) is 49.8 Å². The van der Waals surface area contributed by atoms with Crippen LogP contribution in [0.15, 0.2) is 0 Å². The summed E-state index contributed by atoms with van der Waals surface area (Å²) in [5, 5.41) is 0.934. The Morgan fingerprint density at radius 2 is 2.07 bits per heavy atom. The summed E-state index contributed by atoms with van der Waals surface area (Å²) in [6.45, 7) is 5.29. The maximum atomic E-state index is 11.3. The minimum absolute atomic E-state index is 0.196. The molecule has 1 heterocycles. The molecule has 0 bridgehead atoms. The summed E-state index contributed by atoms with van der Waals surface area (Å²) in [6, 6.07) is 0.216. The van der Waals surface area contributed by atoms with E-state index in [-0.39, 0.29) is 11.5 Å². The van der Waals surface area contributed by atoms with E-state index in [1.807, 2.05) is 7.05 Å². The Kier molecular flexibility index (Phi) is 4.23. The first-order chi connectivity index (χ1) is 6.76. The van der Waals surface area contributed by atoms with Crippen LogP contribution in [0.5, 0.6) is 0 Å². The average molecular weight is 298 g/mol. The fourth-order valence-electron chi connectivity index (χ4n) is 1.97. The lowest BCUT2D eigenvalue weighted by Crippen LogP contribution is -2.40. The van der Waals surface area contributed by atoms with E-state index in [2.05, 4.69) is 34.7 Å². The zero-order chi connectivity index (χ0) is 11.7. The van der Waals surface area contributed by atoms with Gasteiger partial charge in [0, 0.05) is 17.9 Å². The van der Waals surface area contributed by atoms with E-state index in [0.717, 1.165) is 18.3 Å². The lowest BCUT2D eigenvalue weighted by atomic mass is 9.95. The molecule has 0 amide bonds. The first-order valence-corrected chi connectivity index (χ1v) is 8.17. The first kappa shape index (κ1) is 13.5. The predicted octanol–water partition coefficient (Wildman–Crippen LogP) is 1.53. The first-order valence-electron chi connectivity index (χ1n) is 5.22. The Bertz CT molecular complexity index is 313. The lowest BCUT2D eigenvalue weighted by Gasteiger charge is -2.32. The van der Waals surface area contributed by atoms with Crippen LogP contribution in [-0.2, 0) is 9.84 Å². The number of alkyl halides is 1. The fourth-order valence-corrected chi connectivity index (χ4v) is 3.95. The SMILES string of the molecule is CN(CC(C)(C)CBr)C1CCS(=O)(=O)C1. The molecule has 15 heavy (non-hydrogen) atoms. The van der Waals surface area contributed by atoms with Crippen LogP contribution in [0.1, 0.15) is 20.3 Å². The van der Waals surface area contributed by atoms with Crippen LogP contribution in [0.3, 0.4) is 0 Å². The van der Waals surface area contributed by atoms with Gasteiger partial charge in [-0.05, 0) is 18.9 Å². The normalized spacial score (nSPS) is 26.1. The number of rotatable bonds is 4. The second kappa shape index (κ2) is 4.72. The largest absolute Gasteiger partial charge is 0.302 e. The Labute approximate surface area is 101 Å². The van der Waals surface area contributed by atoms with Gasteiger partial charge in [-0.15, -0.1) is 0 Å². The average Bonchev–Trinajstić information content (AvgIpc) is 2.45. The Morgan fingerprint density at radius 1 is 1.47 bits per heavy atom. The van der Waals surface area contributed by atoms with E-state index in [0.29, 0.717) is 11.5 Å². The van der Waals surface area contributed by atoms with Gasteiger partial charge in [0.15, 0.2) is 9.84 Å². The molecular weight excluding hydrogens is 278 g/mol. The summed E-state index contributed by atoms with van der Waals surface area (Å²) in [6.07, 6.45) is 0.789. The minimum atomic E-state index is -2.76. The van der Waals surface area contributed by atoms with Crippen molar-refractivity contribution in [2.45, 2.75) is 26.3 Å². The monoisotopic (exact) mass is 297 g/mol. The van der Waals surface area contributed by atoms with Crippen molar-refractivity contribution in [2.75, 3.05) is 30.4 Å². The molecule has 0 N–H and O–H groups in total. The van der Waals surface area contributed by atoms with Gasteiger partial charge >= 0.3 is 0 Å². The Hall–Kier alpha value is 0.390. The molecule has 0 aliphatic carbocycles. The molecule has 3 nitrogen and oxygen atoms in total. The van der Waals surface area contributed by atoms with Crippen LogP contribution in [0.4, 0.5) is 0 Å². The molecule has 0 radical (unpaired) electrons. The molecule has 0 aromatic carbocycles. The van der Waals surface area contributed by atoms with Crippen molar-refractivity contribution in [3.8, 4) is 0 Å². The molecule has 5 heteroatoms. The molecule has 1 unspecified atom stereocenters. The summed E-state index contributed by atoms with van der Waals surface area (Å²) >= 11 is 3.49.